The van der Waals surface area contributed by atoms with E-state index in [4.69, 9.17) is 9.47 Å². The number of carbonyl (C=O) groups is 1. The highest BCUT2D eigenvalue weighted by atomic mass is 16.5. The first-order valence-corrected chi connectivity index (χ1v) is 10.2. The predicted molar refractivity (Wildman–Crippen MR) is 123 cm³/mol. The van der Waals surface area contributed by atoms with Crippen molar-refractivity contribution in [3.8, 4) is 29.4 Å². The van der Waals surface area contributed by atoms with E-state index in [1.807, 2.05) is 48.5 Å². The molecule has 0 N–H and O–H groups in total. The molecule has 0 unspecified atom stereocenters. The van der Waals surface area contributed by atoms with Gasteiger partial charge in [-0.2, -0.15) is 0 Å². The highest BCUT2D eigenvalue weighted by Gasteiger charge is 2.03. The first-order valence-electron chi connectivity index (χ1n) is 10.2. The Balaban J connectivity index is 1.60. The van der Waals surface area contributed by atoms with Gasteiger partial charge in [0.25, 0.3) is 0 Å². The van der Waals surface area contributed by atoms with Gasteiger partial charge >= 0.3 is 5.97 Å². The SMILES string of the molecule is CCCCOc1ccc(C#Cc2ccc(C#Cc3ccc(C(=O)OC)cc3)cc2)cc1. The number of benzene rings is 3. The maximum atomic E-state index is 11.5. The number of esters is 1. The fourth-order valence-electron chi connectivity index (χ4n) is 2.70. The molecule has 0 bridgehead atoms. The van der Waals surface area contributed by atoms with Crippen LogP contribution in [0.5, 0.6) is 5.75 Å². The Kier molecular flexibility index (Phi) is 7.92. The largest absolute Gasteiger partial charge is 0.494 e. The van der Waals surface area contributed by atoms with E-state index in [0.29, 0.717) is 5.56 Å². The smallest absolute Gasteiger partial charge is 0.337 e. The van der Waals surface area contributed by atoms with E-state index in [1.54, 1.807) is 24.3 Å². The standard InChI is InChI=1S/C28H24O3/c1-3-4-21-31-27-19-15-25(16-20-27)12-10-23-7-5-22(6-8-23)9-11-24-13-17-26(18-14-24)28(29)30-2/h5-8,13-20H,3-4,21H2,1-2H3. The molecule has 0 saturated heterocycles. The minimum Gasteiger partial charge on any atom is -0.494 e. The van der Waals surface area contributed by atoms with Gasteiger partial charge in [0.1, 0.15) is 5.75 Å². The second-order valence-corrected chi connectivity index (χ2v) is 6.87. The molecular formula is C28H24O3. The van der Waals surface area contributed by atoms with Crippen LogP contribution >= 0.6 is 0 Å². The minimum absolute atomic E-state index is 0.354. The van der Waals surface area contributed by atoms with Gasteiger partial charge < -0.3 is 9.47 Å². The molecule has 0 aliphatic rings. The summed E-state index contributed by atoms with van der Waals surface area (Å²) < 4.78 is 10.4. The Morgan fingerprint density at radius 1 is 0.710 bits per heavy atom. The van der Waals surface area contributed by atoms with Gasteiger partial charge in [0, 0.05) is 22.3 Å². The molecule has 0 fully saturated rings. The molecule has 0 aromatic heterocycles. The van der Waals surface area contributed by atoms with Crippen molar-refractivity contribution < 1.29 is 14.3 Å². The van der Waals surface area contributed by atoms with E-state index >= 15 is 0 Å². The van der Waals surface area contributed by atoms with Crippen LogP contribution in [0.3, 0.4) is 0 Å². The minimum atomic E-state index is -0.354. The molecule has 0 saturated carbocycles. The van der Waals surface area contributed by atoms with Crippen molar-refractivity contribution in [2.75, 3.05) is 13.7 Å². The van der Waals surface area contributed by atoms with Crippen molar-refractivity contribution in [3.63, 3.8) is 0 Å². The number of ether oxygens (including phenoxy) is 2. The summed E-state index contributed by atoms with van der Waals surface area (Å²) in [7, 11) is 1.37. The van der Waals surface area contributed by atoms with Crippen molar-refractivity contribution in [2.24, 2.45) is 0 Å². The molecule has 31 heavy (non-hydrogen) atoms. The summed E-state index contributed by atoms with van der Waals surface area (Å²) in [6.07, 6.45) is 2.18. The lowest BCUT2D eigenvalue weighted by atomic mass is 10.1. The van der Waals surface area contributed by atoms with Gasteiger partial charge in [-0.15, -0.1) is 0 Å². The number of rotatable bonds is 5. The molecule has 3 rings (SSSR count). The van der Waals surface area contributed by atoms with Crippen LogP contribution in [-0.4, -0.2) is 19.7 Å². The fourth-order valence-corrected chi connectivity index (χ4v) is 2.70. The second-order valence-electron chi connectivity index (χ2n) is 6.87. The number of hydrogen-bond acceptors (Lipinski definition) is 3. The highest BCUT2D eigenvalue weighted by Crippen LogP contribution is 2.12. The van der Waals surface area contributed by atoms with Gasteiger partial charge in [-0.25, -0.2) is 4.79 Å². The van der Waals surface area contributed by atoms with Crippen LogP contribution in [-0.2, 0) is 4.74 Å². The Morgan fingerprint density at radius 3 is 1.55 bits per heavy atom. The summed E-state index contributed by atoms with van der Waals surface area (Å²) in [5.74, 6) is 13.1. The second kappa shape index (κ2) is 11.3. The first kappa shape index (κ1) is 21.8. The Morgan fingerprint density at radius 2 is 1.13 bits per heavy atom. The van der Waals surface area contributed by atoms with E-state index in [9.17, 15) is 4.79 Å². The number of methoxy groups -OCH3 is 1. The van der Waals surface area contributed by atoms with Gasteiger partial charge in [-0.05, 0) is 79.2 Å². The lowest BCUT2D eigenvalue weighted by Crippen LogP contribution is -2.00. The lowest BCUT2D eigenvalue weighted by Gasteiger charge is -2.04. The Hall–Kier alpha value is -3.95. The van der Waals surface area contributed by atoms with Crippen molar-refractivity contribution in [1.29, 1.82) is 0 Å². The predicted octanol–water partition coefficient (Wildman–Crippen LogP) is 5.45. The summed E-state index contributed by atoms with van der Waals surface area (Å²) >= 11 is 0. The van der Waals surface area contributed by atoms with Crippen molar-refractivity contribution >= 4 is 5.97 Å². The zero-order chi connectivity index (χ0) is 21.9. The van der Waals surface area contributed by atoms with E-state index in [1.165, 1.54) is 7.11 Å². The zero-order valence-corrected chi connectivity index (χ0v) is 17.8. The Labute approximate surface area is 184 Å². The van der Waals surface area contributed by atoms with Gasteiger partial charge in [0.15, 0.2) is 0 Å². The number of hydrogen-bond donors (Lipinski definition) is 0. The van der Waals surface area contributed by atoms with Crippen LogP contribution in [0.25, 0.3) is 0 Å². The molecule has 0 spiro atoms. The van der Waals surface area contributed by atoms with Crippen molar-refractivity contribution in [1.82, 2.24) is 0 Å². The maximum Gasteiger partial charge on any atom is 0.337 e. The van der Waals surface area contributed by atoms with Gasteiger partial charge in [0.2, 0.25) is 0 Å². The highest BCUT2D eigenvalue weighted by molar-refractivity contribution is 5.89. The van der Waals surface area contributed by atoms with Crippen molar-refractivity contribution in [2.45, 2.75) is 19.8 Å². The zero-order valence-electron chi connectivity index (χ0n) is 17.8. The Bertz CT molecular complexity index is 1120. The molecule has 0 amide bonds. The molecule has 3 nitrogen and oxygen atoms in total. The summed E-state index contributed by atoms with van der Waals surface area (Å²) in [5.41, 5.74) is 4.11. The van der Waals surface area contributed by atoms with Crippen LogP contribution in [0.15, 0.2) is 72.8 Å². The van der Waals surface area contributed by atoms with Gasteiger partial charge in [-0.3, -0.25) is 0 Å². The molecule has 0 atom stereocenters. The molecule has 3 aromatic rings. The summed E-state index contributed by atoms with van der Waals surface area (Å²) in [6, 6.07) is 22.7. The van der Waals surface area contributed by atoms with Crippen LogP contribution in [0, 0.1) is 23.7 Å². The molecule has 154 valence electrons. The fraction of sp³-hybridized carbons (Fsp3) is 0.179. The average molecular weight is 408 g/mol. The lowest BCUT2D eigenvalue weighted by molar-refractivity contribution is 0.0600. The molecule has 0 aliphatic carbocycles. The van der Waals surface area contributed by atoms with E-state index in [-0.39, 0.29) is 5.97 Å². The topological polar surface area (TPSA) is 35.5 Å². The monoisotopic (exact) mass is 408 g/mol. The van der Waals surface area contributed by atoms with E-state index in [2.05, 4.69) is 30.6 Å². The number of unbranched alkanes of at least 4 members (excludes halogenated alkanes) is 1. The third kappa shape index (κ3) is 6.81. The normalized spacial score (nSPS) is 9.61. The van der Waals surface area contributed by atoms with Crippen LogP contribution < -0.4 is 4.74 Å². The molecule has 0 aliphatic heterocycles. The van der Waals surface area contributed by atoms with Gasteiger partial charge in [0.05, 0.1) is 19.3 Å². The van der Waals surface area contributed by atoms with E-state index < -0.39 is 0 Å². The van der Waals surface area contributed by atoms with Crippen LogP contribution in [0.2, 0.25) is 0 Å². The molecular weight excluding hydrogens is 384 g/mol. The molecule has 0 heterocycles. The summed E-state index contributed by atoms with van der Waals surface area (Å²) in [4.78, 5) is 11.5. The third-order valence-corrected chi connectivity index (χ3v) is 4.51. The van der Waals surface area contributed by atoms with Crippen LogP contribution in [0.1, 0.15) is 52.4 Å². The first-order chi connectivity index (χ1) is 15.2. The molecule has 3 aromatic carbocycles. The summed E-state index contributed by atoms with van der Waals surface area (Å²) in [6.45, 7) is 2.89. The molecule has 0 radical (unpaired) electrons. The molecule has 3 heteroatoms. The van der Waals surface area contributed by atoms with Gasteiger partial charge in [-0.1, -0.05) is 37.0 Å². The average Bonchev–Trinajstić information content (AvgIpc) is 2.83. The van der Waals surface area contributed by atoms with Crippen LogP contribution in [0.4, 0.5) is 0 Å². The third-order valence-electron chi connectivity index (χ3n) is 4.51. The number of carbonyl (C=O) groups excluding carboxylic acids is 1. The quantitative estimate of drug-likeness (QED) is 0.320. The van der Waals surface area contributed by atoms with Crippen molar-refractivity contribution in [3.05, 3.63) is 101 Å². The maximum absolute atomic E-state index is 11.5. The van der Waals surface area contributed by atoms with E-state index in [0.717, 1.165) is 47.5 Å². The summed E-state index contributed by atoms with van der Waals surface area (Å²) in [5, 5.41) is 0.